The molecule has 0 aromatic rings. The lowest BCUT2D eigenvalue weighted by molar-refractivity contribution is 0.0471. The maximum atomic E-state index is 9.97. The van der Waals surface area contributed by atoms with E-state index in [2.05, 4.69) is 4.90 Å². The number of hydrogen-bond acceptors (Lipinski definition) is 3. The van der Waals surface area contributed by atoms with Crippen LogP contribution in [-0.4, -0.2) is 46.5 Å². The van der Waals surface area contributed by atoms with Gasteiger partial charge in [-0.3, -0.25) is 4.90 Å². The summed E-state index contributed by atoms with van der Waals surface area (Å²) < 4.78 is 0. The van der Waals surface area contributed by atoms with Gasteiger partial charge in [0.15, 0.2) is 0 Å². The van der Waals surface area contributed by atoms with Crippen LogP contribution >= 0.6 is 0 Å². The lowest BCUT2D eigenvalue weighted by Gasteiger charge is -2.32. The van der Waals surface area contributed by atoms with Gasteiger partial charge in [-0.1, -0.05) is 13.3 Å². The maximum absolute atomic E-state index is 9.97. The van der Waals surface area contributed by atoms with E-state index in [0.717, 1.165) is 25.9 Å². The van der Waals surface area contributed by atoms with E-state index >= 15 is 0 Å². The van der Waals surface area contributed by atoms with Crippen molar-refractivity contribution in [3.05, 3.63) is 0 Å². The minimum Gasteiger partial charge on any atom is -0.393 e. The van der Waals surface area contributed by atoms with E-state index in [9.17, 15) is 10.2 Å². The third-order valence-corrected chi connectivity index (χ3v) is 4.36. The number of aliphatic hydroxyl groups is 2. The molecule has 0 aromatic heterocycles. The highest BCUT2D eigenvalue weighted by Gasteiger charge is 2.38. The third-order valence-electron chi connectivity index (χ3n) is 4.36. The van der Waals surface area contributed by atoms with E-state index in [-0.39, 0.29) is 12.2 Å². The van der Waals surface area contributed by atoms with Crippen LogP contribution in [0.2, 0.25) is 0 Å². The molecule has 3 nitrogen and oxygen atoms in total. The molecule has 0 aromatic carbocycles. The number of hydrogen-bond donors (Lipinski definition) is 2. The number of likely N-dealkylation sites (tertiary alicyclic amines) is 1. The van der Waals surface area contributed by atoms with E-state index in [1.54, 1.807) is 0 Å². The van der Waals surface area contributed by atoms with E-state index in [1.807, 2.05) is 6.92 Å². The Kier molecular flexibility index (Phi) is 4.22. The molecule has 1 saturated heterocycles. The summed E-state index contributed by atoms with van der Waals surface area (Å²) in [6.45, 7) is 3.93. The van der Waals surface area contributed by atoms with E-state index in [1.165, 1.54) is 25.7 Å². The SMILES string of the molecule is CCC(O)CN1CCCC1C1CCCC1O. The fraction of sp³-hybridized carbons (Fsp3) is 1.00. The van der Waals surface area contributed by atoms with Crippen molar-refractivity contribution in [2.75, 3.05) is 13.1 Å². The molecule has 2 aliphatic rings. The normalized spacial score (nSPS) is 38.1. The molecule has 1 heterocycles. The molecule has 0 amide bonds. The molecule has 0 radical (unpaired) electrons. The Morgan fingerprint density at radius 2 is 2.06 bits per heavy atom. The second kappa shape index (κ2) is 5.48. The van der Waals surface area contributed by atoms with Gasteiger partial charge in [0.1, 0.15) is 0 Å². The predicted molar refractivity (Wildman–Crippen MR) is 64.2 cm³/mol. The topological polar surface area (TPSA) is 43.7 Å². The monoisotopic (exact) mass is 227 g/mol. The van der Waals surface area contributed by atoms with Crippen molar-refractivity contribution in [2.45, 2.75) is 63.7 Å². The summed E-state index contributed by atoms with van der Waals surface area (Å²) in [4.78, 5) is 2.41. The first-order chi connectivity index (χ1) is 7.72. The van der Waals surface area contributed by atoms with Gasteiger partial charge in [0.25, 0.3) is 0 Å². The molecule has 2 fully saturated rings. The van der Waals surface area contributed by atoms with Crippen LogP contribution in [0, 0.1) is 5.92 Å². The van der Waals surface area contributed by atoms with E-state index in [0.29, 0.717) is 12.0 Å². The van der Waals surface area contributed by atoms with Crippen LogP contribution in [0.15, 0.2) is 0 Å². The summed E-state index contributed by atoms with van der Waals surface area (Å²) in [5.41, 5.74) is 0. The first-order valence-electron chi connectivity index (χ1n) is 6.82. The number of rotatable bonds is 4. The smallest absolute Gasteiger partial charge is 0.0664 e. The Balaban J connectivity index is 1.92. The lowest BCUT2D eigenvalue weighted by Crippen LogP contribution is -2.42. The quantitative estimate of drug-likeness (QED) is 0.762. The molecule has 4 unspecified atom stereocenters. The van der Waals surface area contributed by atoms with Crippen molar-refractivity contribution < 1.29 is 10.2 Å². The molecule has 1 saturated carbocycles. The van der Waals surface area contributed by atoms with Gasteiger partial charge < -0.3 is 10.2 Å². The van der Waals surface area contributed by atoms with Gasteiger partial charge in [0.2, 0.25) is 0 Å². The van der Waals surface area contributed by atoms with E-state index < -0.39 is 0 Å². The van der Waals surface area contributed by atoms with Gasteiger partial charge in [-0.2, -0.15) is 0 Å². The van der Waals surface area contributed by atoms with Gasteiger partial charge >= 0.3 is 0 Å². The van der Waals surface area contributed by atoms with Crippen molar-refractivity contribution >= 4 is 0 Å². The summed E-state index contributed by atoms with van der Waals surface area (Å²) in [6, 6.07) is 0.527. The average molecular weight is 227 g/mol. The van der Waals surface area contributed by atoms with Crippen LogP contribution in [0.25, 0.3) is 0 Å². The highest BCUT2D eigenvalue weighted by Crippen LogP contribution is 2.35. The van der Waals surface area contributed by atoms with Crippen LogP contribution in [-0.2, 0) is 0 Å². The zero-order valence-corrected chi connectivity index (χ0v) is 10.3. The Labute approximate surface area is 98.5 Å². The van der Waals surface area contributed by atoms with Crippen LogP contribution in [0.1, 0.15) is 45.4 Å². The van der Waals surface area contributed by atoms with Crippen LogP contribution in [0.4, 0.5) is 0 Å². The van der Waals surface area contributed by atoms with Gasteiger partial charge in [0.05, 0.1) is 12.2 Å². The number of aliphatic hydroxyl groups excluding tert-OH is 2. The second-order valence-electron chi connectivity index (χ2n) is 5.43. The van der Waals surface area contributed by atoms with Crippen molar-refractivity contribution in [3.63, 3.8) is 0 Å². The molecular weight excluding hydrogens is 202 g/mol. The number of β-amino-alcohol motifs (C(OH)–C–C–N with tert-alkyl or cyclic N) is 1. The summed E-state index contributed by atoms with van der Waals surface area (Å²) in [7, 11) is 0. The Morgan fingerprint density at radius 1 is 1.25 bits per heavy atom. The van der Waals surface area contributed by atoms with E-state index in [4.69, 9.17) is 0 Å². The van der Waals surface area contributed by atoms with Gasteiger partial charge in [0, 0.05) is 18.5 Å². The molecule has 0 spiro atoms. The Morgan fingerprint density at radius 3 is 2.69 bits per heavy atom. The first kappa shape index (κ1) is 12.3. The molecule has 4 atom stereocenters. The molecule has 3 heteroatoms. The van der Waals surface area contributed by atoms with Crippen molar-refractivity contribution in [1.29, 1.82) is 0 Å². The van der Waals surface area contributed by atoms with Crippen LogP contribution in [0.3, 0.4) is 0 Å². The molecular formula is C13H25NO2. The van der Waals surface area contributed by atoms with Crippen LogP contribution in [0.5, 0.6) is 0 Å². The van der Waals surface area contributed by atoms with Crippen LogP contribution < -0.4 is 0 Å². The second-order valence-corrected chi connectivity index (χ2v) is 5.43. The largest absolute Gasteiger partial charge is 0.393 e. The van der Waals surface area contributed by atoms with Crippen molar-refractivity contribution in [3.8, 4) is 0 Å². The fourth-order valence-electron chi connectivity index (χ4n) is 3.38. The first-order valence-corrected chi connectivity index (χ1v) is 6.82. The fourth-order valence-corrected chi connectivity index (χ4v) is 3.38. The van der Waals surface area contributed by atoms with Gasteiger partial charge in [-0.15, -0.1) is 0 Å². The predicted octanol–water partition coefficient (Wildman–Crippen LogP) is 1.38. The third kappa shape index (κ3) is 2.58. The standard InChI is InChI=1S/C13H25NO2/c1-2-10(15)9-14-8-4-6-12(14)11-5-3-7-13(11)16/h10-13,15-16H,2-9H2,1H3. The average Bonchev–Trinajstić information content (AvgIpc) is 2.86. The van der Waals surface area contributed by atoms with Crippen molar-refractivity contribution in [2.24, 2.45) is 5.92 Å². The molecule has 2 rings (SSSR count). The van der Waals surface area contributed by atoms with Gasteiger partial charge in [-0.25, -0.2) is 0 Å². The minimum absolute atomic E-state index is 0.0932. The lowest BCUT2D eigenvalue weighted by atomic mass is 9.94. The van der Waals surface area contributed by atoms with Gasteiger partial charge in [-0.05, 0) is 38.6 Å². The number of nitrogens with zero attached hydrogens (tertiary/aromatic N) is 1. The summed E-state index contributed by atoms with van der Waals surface area (Å²) in [5.74, 6) is 0.464. The zero-order chi connectivity index (χ0) is 11.5. The molecule has 94 valence electrons. The highest BCUT2D eigenvalue weighted by molar-refractivity contribution is 4.92. The summed E-state index contributed by atoms with van der Waals surface area (Å²) >= 11 is 0. The molecule has 16 heavy (non-hydrogen) atoms. The molecule has 2 N–H and O–H groups in total. The summed E-state index contributed by atoms with van der Waals surface area (Å²) in [5, 5.41) is 19.7. The molecule has 1 aliphatic carbocycles. The highest BCUT2D eigenvalue weighted by atomic mass is 16.3. The zero-order valence-electron chi connectivity index (χ0n) is 10.3. The molecule has 1 aliphatic heterocycles. The maximum Gasteiger partial charge on any atom is 0.0664 e. The molecule has 0 bridgehead atoms. The summed E-state index contributed by atoms with van der Waals surface area (Å²) in [6.07, 6.45) is 6.30. The van der Waals surface area contributed by atoms with Crippen molar-refractivity contribution in [1.82, 2.24) is 4.90 Å². The Hall–Kier alpha value is -0.120. The minimum atomic E-state index is -0.195. The Bertz CT molecular complexity index is 222.